The number of carbonyl (C=O) groups excluding carboxylic acids is 3. The molecule has 0 aromatic heterocycles. The highest BCUT2D eigenvalue weighted by Crippen LogP contribution is 2.34. The van der Waals surface area contributed by atoms with Crippen LogP contribution in [0.3, 0.4) is 0 Å². The molecule has 2 amide bonds. The summed E-state index contributed by atoms with van der Waals surface area (Å²) in [6.07, 6.45) is 1.61. The Bertz CT molecular complexity index is 1290. The maximum absolute atomic E-state index is 12.8. The molecular weight excluding hydrogens is 466 g/mol. The smallest absolute Gasteiger partial charge is 0.343 e. The van der Waals surface area contributed by atoms with Gasteiger partial charge >= 0.3 is 5.97 Å². The second-order valence-corrected chi connectivity index (χ2v) is 8.66. The Balaban J connectivity index is 1.42. The number of carbonyl (C=O) groups is 3. The maximum Gasteiger partial charge on any atom is 0.343 e. The zero-order valence-corrected chi connectivity index (χ0v) is 20.0. The number of rotatable bonds is 8. The van der Waals surface area contributed by atoms with Crippen LogP contribution in [0, 0.1) is 6.92 Å². The predicted octanol–water partition coefficient (Wildman–Crippen LogP) is 5.34. The average molecular weight is 490 g/mol. The summed E-state index contributed by atoms with van der Waals surface area (Å²) in [5.74, 6) is 0.374. The molecule has 0 atom stereocenters. The number of benzene rings is 3. The van der Waals surface area contributed by atoms with E-state index in [1.54, 1.807) is 48.5 Å². The van der Waals surface area contributed by atoms with Gasteiger partial charge in [0.15, 0.2) is 11.5 Å². The molecule has 0 saturated carbocycles. The Morgan fingerprint density at radius 2 is 1.77 bits per heavy atom. The quantitative estimate of drug-likeness (QED) is 0.240. The summed E-state index contributed by atoms with van der Waals surface area (Å²) in [6.45, 7) is 2.31. The molecule has 0 unspecified atom stereocenters. The van der Waals surface area contributed by atoms with Crippen molar-refractivity contribution >= 4 is 35.0 Å². The number of amides is 2. The van der Waals surface area contributed by atoms with Gasteiger partial charge in [-0.3, -0.25) is 14.5 Å². The van der Waals surface area contributed by atoms with E-state index in [1.807, 2.05) is 37.3 Å². The summed E-state index contributed by atoms with van der Waals surface area (Å²) >= 11 is 0.868. The molecule has 0 spiro atoms. The van der Waals surface area contributed by atoms with Crippen molar-refractivity contribution in [3.8, 4) is 17.2 Å². The van der Waals surface area contributed by atoms with Crippen LogP contribution in [0.5, 0.6) is 17.2 Å². The van der Waals surface area contributed by atoms with Crippen LogP contribution < -0.4 is 14.2 Å². The van der Waals surface area contributed by atoms with Crippen molar-refractivity contribution in [2.75, 3.05) is 20.3 Å². The van der Waals surface area contributed by atoms with Gasteiger partial charge in [-0.25, -0.2) is 4.79 Å². The normalized spacial score (nSPS) is 14.3. The van der Waals surface area contributed by atoms with Gasteiger partial charge in [0.1, 0.15) is 12.4 Å². The SMILES string of the molecule is COc1cc(/C=C2\SC(=O)N(CCOc3cccc(C)c3)C2=O)ccc1OC(=O)c1ccccc1. The molecule has 35 heavy (non-hydrogen) atoms. The fourth-order valence-electron chi connectivity index (χ4n) is 3.40. The minimum atomic E-state index is -0.509. The van der Waals surface area contributed by atoms with E-state index in [9.17, 15) is 14.4 Å². The molecular formula is C27H23NO6S. The lowest BCUT2D eigenvalue weighted by molar-refractivity contribution is -0.123. The minimum Gasteiger partial charge on any atom is -0.493 e. The van der Waals surface area contributed by atoms with E-state index in [1.165, 1.54) is 12.0 Å². The average Bonchev–Trinajstić information content (AvgIpc) is 3.12. The van der Waals surface area contributed by atoms with Crippen LogP contribution in [0.25, 0.3) is 6.08 Å². The first kappa shape index (κ1) is 24.1. The van der Waals surface area contributed by atoms with Crippen LogP contribution in [0.2, 0.25) is 0 Å². The van der Waals surface area contributed by atoms with Crippen LogP contribution in [0.4, 0.5) is 4.79 Å². The van der Waals surface area contributed by atoms with E-state index >= 15 is 0 Å². The lowest BCUT2D eigenvalue weighted by Gasteiger charge is -2.13. The second kappa shape index (κ2) is 10.9. The highest BCUT2D eigenvalue weighted by atomic mass is 32.2. The highest BCUT2D eigenvalue weighted by molar-refractivity contribution is 8.18. The fourth-order valence-corrected chi connectivity index (χ4v) is 4.26. The van der Waals surface area contributed by atoms with E-state index in [0.717, 1.165) is 17.3 Å². The summed E-state index contributed by atoms with van der Waals surface area (Å²) < 4.78 is 16.5. The Kier molecular flexibility index (Phi) is 7.52. The molecule has 8 heteroatoms. The number of ether oxygens (including phenoxy) is 3. The van der Waals surface area contributed by atoms with Crippen molar-refractivity contribution in [2.24, 2.45) is 0 Å². The molecule has 7 nitrogen and oxygen atoms in total. The number of hydrogen-bond acceptors (Lipinski definition) is 7. The molecule has 0 N–H and O–H groups in total. The molecule has 178 valence electrons. The molecule has 4 rings (SSSR count). The molecule has 3 aromatic carbocycles. The number of imide groups is 1. The summed E-state index contributed by atoms with van der Waals surface area (Å²) in [5.41, 5.74) is 2.11. The third-order valence-corrected chi connectivity index (χ3v) is 6.05. The molecule has 1 aliphatic heterocycles. The standard InChI is InChI=1S/C27H23NO6S/c1-18-7-6-10-21(15-18)33-14-13-28-25(29)24(35-27(28)31)17-19-11-12-22(23(16-19)32-2)34-26(30)20-8-4-3-5-9-20/h3-12,15-17H,13-14H2,1-2H3/b24-17-. The van der Waals surface area contributed by atoms with E-state index in [2.05, 4.69) is 0 Å². The molecule has 0 radical (unpaired) electrons. The largest absolute Gasteiger partial charge is 0.493 e. The van der Waals surface area contributed by atoms with Crippen molar-refractivity contribution in [1.82, 2.24) is 4.90 Å². The molecule has 1 fully saturated rings. The third kappa shape index (κ3) is 5.91. The molecule has 0 aliphatic carbocycles. The van der Waals surface area contributed by atoms with Crippen LogP contribution >= 0.6 is 11.8 Å². The van der Waals surface area contributed by atoms with E-state index < -0.39 is 5.97 Å². The lowest BCUT2D eigenvalue weighted by atomic mass is 10.1. The number of hydrogen-bond donors (Lipinski definition) is 0. The van der Waals surface area contributed by atoms with Gasteiger partial charge in [0.25, 0.3) is 11.1 Å². The first-order valence-electron chi connectivity index (χ1n) is 10.8. The van der Waals surface area contributed by atoms with Crippen molar-refractivity contribution < 1.29 is 28.6 Å². The van der Waals surface area contributed by atoms with Crippen LogP contribution in [-0.2, 0) is 4.79 Å². The van der Waals surface area contributed by atoms with E-state index in [0.29, 0.717) is 27.5 Å². The van der Waals surface area contributed by atoms with Gasteiger partial charge in [0.05, 0.1) is 24.1 Å². The number of methoxy groups -OCH3 is 1. The van der Waals surface area contributed by atoms with Gasteiger partial charge in [0.2, 0.25) is 0 Å². The Morgan fingerprint density at radius 1 is 0.971 bits per heavy atom. The Morgan fingerprint density at radius 3 is 2.51 bits per heavy atom. The van der Waals surface area contributed by atoms with Gasteiger partial charge in [-0.2, -0.15) is 0 Å². The monoisotopic (exact) mass is 489 g/mol. The van der Waals surface area contributed by atoms with Gasteiger partial charge in [-0.15, -0.1) is 0 Å². The van der Waals surface area contributed by atoms with Crippen LogP contribution in [-0.4, -0.2) is 42.3 Å². The zero-order chi connectivity index (χ0) is 24.8. The minimum absolute atomic E-state index is 0.146. The van der Waals surface area contributed by atoms with Crippen molar-refractivity contribution in [3.05, 3.63) is 94.4 Å². The molecule has 1 saturated heterocycles. The first-order chi connectivity index (χ1) is 16.9. The number of nitrogens with zero attached hydrogens (tertiary/aromatic N) is 1. The lowest BCUT2D eigenvalue weighted by Crippen LogP contribution is -2.32. The summed E-state index contributed by atoms with van der Waals surface area (Å²) in [5, 5.41) is -0.352. The van der Waals surface area contributed by atoms with Crippen LogP contribution in [0.1, 0.15) is 21.5 Å². The maximum atomic E-state index is 12.8. The van der Waals surface area contributed by atoms with Crippen molar-refractivity contribution in [3.63, 3.8) is 0 Å². The Hall–Kier alpha value is -4.04. The summed E-state index contributed by atoms with van der Waals surface area (Å²) in [4.78, 5) is 39.0. The molecule has 1 heterocycles. The van der Waals surface area contributed by atoms with Gasteiger partial charge in [-0.1, -0.05) is 36.4 Å². The molecule has 0 bridgehead atoms. The highest BCUT2D eigenvalue weighted by Gasteiger charge is 2.34. The number of thioether (sulfide) groups is 1. The Labute approximate surface area is 207 Å². The third-order valence-electron chi connectivity index (χ3n) is 5.14. The van der Waals surface area contributed by atoms with Crippen LogP contribution in [0.15, 0.2) is 77.7 Å². The predicted molar refractivity (Wildman–Crippen MR) is 134 cm³/mol. The molecule has 1 aliphatic rings. The van der Waals surface area contributed by atoms with E-state index in [-0.39, 0.29) is 30.0 Å². The summed E-state index contributed by atoms with van der Waals surface area (Å²) in [6, 6.07) is 21.1. The van der Waals surface area contributed by atoms with Gasteiger partial charge < -0.3 is 14.2 Å². The van der Waals surface area contributed by atoms with Gasteiger partial charge in [0, 0.05) is 0 Å². The first-order valence-corrected chi connectivity index (χ1v) is 11.7. The number of aryl methyl sites for hydroxylation is 1. The second-order valence-electron chi connectivity index (χ2n) is 7.66. The van der Waals surface area contributed by atoms with Crippen molar-refractivity contribution in [2.45, 2.75) is 6.92 Å². The topological polar surface area (TPSA) is 82.1 Å². The van der Waals surface area contributed by atoms with E-state index in [4.69, 9.17) is 14.2 Å². The summed E-state index contributed by atoms with van der Waals surface area (Å²) in [7, 11) is 1.46. The van der Waals surface area contributed by atoms with Crippen molar-refractivity contribution in [1.29, 1.82) is 0 Å². The fraction of sp³-hybridized carbons (Fsp3) is 0.148. The zero-order valence-electron chi connectivity index (χ0n) is 19.2. The number of esters is 1. The molecule has 3 aromatic rings. The van der Waals surface area contributed by atoms with Gasteiger partial charge in [-0.05, 0) is 72.3 Å².